The summed E-state index contributed by atoms with van der Waals surface area (Å²) in [5.74, 6) is 1.58. The summed E-state index contributed by atoms with van der Waals surface area (Å²) in [7, 11) is 1.90. The molecular formula is C19H25N3O3. The van der Waals surface area contributed by atoms with Gasteiger partial charge in [0.1, 0.15) is 6.61 Å². The van der Waals surface area contributed by atoms with Crippen LogP contribution in [0.4, 0.5) is 0 Å². The minimum atomic E-state index is -0.158. The third-order valence-electron chi connectivity index (χ3n) is 4.71. The number of fused-ring (bicyclic) bond motifs is 1. The van der Waals surface area contributed by atoms with Crippen molar-refractivity contribution in [2.24, 2.45) is 7.05 Å². The van der Waals surface area contributed by atoms with Crippen LogP contribution in [0.3, 0.4) is 0 Å². The Hall–Kier alpha value is -2.50. The van der Waals surface area contributed by atoms with Crippen molar-refractivity contribution in [2.75, 3.05) is 19.7 Å². The van der Waals surface area contributed by atoms with Gasteiger partial charge in [-0.25, -0.2) is 0 Å². The van der Waals surface area contributed by atoms with Crippen LogP contribution in [0.1, 0.15) is 23.9 Å². The Bertz CT molecular complexity index is 769. The number of rotatable bonds is 5. The Morgan fingerprint density at radius 1 is 1.32 bits per heavy atom. The van der Waals surface area contributed by atoms with Gasteiger partial charge in [-0.2, -0.15) is 5.10 Å². The number of likely N-dealkylation sites (N-methyl/N-ethyl adjacent to an activating group) is 1. The fourth-order valence-electron chi connectivity index (χ4n) is 3.14. The molecule has 2 aromatic rings. The number of aryl methyl sites for hydroxylation is 2. The van der Waals surface area contributed by atoms with Gasteiger partial charge in [-0.15, -0.1) is 0 Å². The first-order valence-electron chi connectivity index (χ1n) is 8.65. The molecule has 1 atom stereocenters. The highest BCUT2D eigenvalue weighted by Crippen LogP contribution is 2.31. The van der Waals surface area contributed by atoms with E-state index in [2.05, 4.69) is 5.10 Å². The number of carbonyl (C=O) groups is 1. The van der Waals surface area contributed by atoms with Crippen molar-refractivity contribution >= 4 is 5.91 Å². The maximum absolute atomic E-state index is 12.8. The molecule has 0 saturated heterocycles. The van der Waals surface area contributed by atoms with Gasteiger partial charge in [0.15, 0.2) is 17.6 Å². The van der Waals surface area contributed by atoms with E-state index in [9.17, 15) is 4.79 Å². The van der Waals surface area contributed by atoms with Crippen molar-refractivity contribution in [3.05, 3.63) is 41.2 Å². The van der Waals surface area contributed by atoms with Crippen LogP contribution in [0.2, 0.25) is 0 Å². The molecule has 1 aliphatic rings. The normalized spacial score (nSPS) is 15.9. The van der Waals surface area contributed by atoms with E-state index >= 15 is 0 Å². The summed E-state index contributed by atoms with van der Waals surface area (Å²) in [5.41, 5.74) is 2.96. The molecule has 25 heavy (non-hydrogen) atoms. The number of nitrogens with zero attached hydrogens (tertiary/aromatic N) is 3. The second kappa shape index (κ2) is 7.17. The molecule has 0 unspecified atom stereocenters. The molecule has 3 rings (SSSR count). The predicted molar refractivity (Wildman–Crippen MR) is 95.0 cm³/mol. The van der Waals surface area contributed by atoms with E-state index in [1.165, 1.54) is 0 Å². The molecule has 0 radical (unpaired) electrons. The van der Waals surface area contributed by atoms with Crippen molar-refractivity contribution in [1.82, 2.24) is 14.7 Å². The lowest BCUT2D eigenvalue weighted by Gasteiger charge is -2.31. The standard InChI is InChI=1S/C19H25N3O3/c1-5-22(19(23)10-16-13(2)20-21(4)14(16)3)11-15-12-24-17-8-6-7-9-18(17)25-15/h6-9,15H,5,10-12H2,1-4H3/t15-/m0/s1. The van der Waals surface area contributed by atoms with E-state index in [4.69, 9.17) is 9.47 Å². The summed E-state index contributed by atoms with van der Waals surface area (Å²) in [6.07, 6.45) is 0.207. The van der Waals surface area contributed by atoms with Crippen LogP contribution >= 0.6 is 0 Å². The van der Waals surface area contributed by atoms with E-state index in [0.29, 0.717) is 26.1 Å². The van der Waals surface area contributed by atoms with Crippen LogP contribution in [0.15, 0.2) is 24.3 Å². The minimum Gasteiger partial charge on any atom is -0.486 e. The van der Waals surface area contributed by atoms with Crippen LogP contribution in [0, 0.1) is 13.8 Å². The Morgan fingerprint density at radius 2 is 2.04 bits per heavy atom. The van der Waals surface area contributed by atoms with E-state index < -0.39 is 0 Å². The molecule has 0 aliphatic carbocycles. The number of carbonyl (C=O) groups excluding carboxylic acids is 1. The van der Waals surface area contributed by atoms with Gasteiger partial charge in [-0.3, -0.25) is 9.48 Å². The zero-order valence-corrected chi connectivity index (χ0v) is 15.3. The van der Waals surface area contributed by atoms with E-state index in [0.717, 1.165) is 28.5 Å². The summed E-state index contributed by atoms with van der Waals surface area (Å²) in [6.45, 7) is 7.53. The fraction of sp³-hybridized carbons (Fsp3) is 0.474. The lowest BCUT2D eigenvalue weighted by molar-refractivity contribution is -0.131. The smallest absolute Gasteiger partial charge is 0.227 e. The van der Waals surface area contributed by atoms with Gasteiger partial charge >= 0.3 is 0 Å². The molecular weight excluding hydrogens is 318 g/mol. The van der Waals surface area contributed by atoms with Crippen LogP contribution in [-0.2, 0) is 18.3 Å². The van der Waals surface area contributed by atoms with Crippen LogP contribution in [0.25, 0.3) is 0 Å². The first kappa shape index (κ1) is 17.3. The van der Waals surface area contributed by atoms with Gasteiger partial charge in [-0.1, -0.05) is 12.1 Å². The molecule has 1 aromatic heterocycles. The Morgan fingerprint density at radius 3 is 2.68 bits per heavy atom. The first-order valence-corrected chi connectivity index (χ1v) is 8.65. The van der Waals surface area contributed by atoms with Crippen LogP contribution in [-0.4, -0.2) is 46.4 Å². The Labute approximate surface area is 148 Å². The van der Waals surface area contributed by atoms with Crippen LogP contribution < -0.4 is 9.47 Å². The molecule has 0 saturated carbocycles. The summed E-state index contributed by atoms with van der Waals surface area (Å²) >= 11 is 0. The number of hydrogen-bond donors (Lipinski definition) is 0. The topological polar surface area (TPSA) is 56.6 Å². The maximum Gasteiger partial charge on any atom is 0.227 e. The molecule has 2 heterocycles. The van der Waals surface area contributed by atoms with Crippen molar-refractivity contribution in [3.63, 3.8) is 0 Å². The van der Waals surface area contributed by atoms with Gasteiger partial charge in [0.25, 0.3) is 0 Å². The number of benzene rings is 1. The molecule has 0 N–H and O–H groups in total. The molecule has 6 heteroatoms. The van der Waals surface area contributed by atoms with Crippen molar-refractivity contribution in [3.8, 4) is 11.5 Å². The van der Waals surface area contributed by atoms with Gasteiger partial charge in [0.05, 0.1) is 18.7 Å². The number of hydrogen-bond acceptors (Lipinski definition) is 4. The summed E-state index contributed by atoms with van der Waals surface area (Å²) in [6, 6.07) is 7.62. The number of ether oxygens (including phenoxy) is 2. The molecule has 0 spiro atoms. The highest BCUT2D eigenvalue weighted by Gasteiger charge is 2.25. The van der Waals surface area contributed by atoms with Crippen molar-refractivity contribution in [1.29, 1.82) is 0 Å². The second-order valence-corrected chi connectivity index (χ2v) is 6.38. The summed E-state index contributed by atoms with van der Waals surface area (Å²) < 4.78 is 13.5. The molecule has 134 valence electrons. The molecule has 1 amide bonds. The highest BCUT2D eigenvalue weighted by molar-refractivity contribution is 5.79. The quantitative estimate of drug-likeness (QED) is 0.836. The largest absolute Gasteiger partial charge is 0.486 e. The highest BCUT2D eigenvalue weighted by atomic mass is 16.6. The third-order valence-corrected chi connectivity index (χ3v) is 4.71. The lowest BCUT2D eigenvalue weighted by Crippen LogP contribution is -2.44. The molecule has 1 aromatic carbocycles. The molecule has 6 nitrogen and oxygen atoms in total. The van der Waals surface area contributed by atoms with E-state index in [1.54, 1.807) is 0 Å². The molecule has 1 aliphatic heterocycles. The SMILES string of the molecule is CCN(C[C@H]1COc2ccccc2O1)C(=O)Cc1c(C)nn(C)c1C. The van der Waals surface area contributed by atoms with Gasteiger partial charge < -0.3 is 14.4 Å². The predicted octanol–water partition coefficient (Wildman–Crippen LogP) is 2.27. The van der Waals surface area contributed by atoms with E-state index in [-0.39, 0.29) is 12.0 Å². The van der Waals surface area contributed by atoms with Gasteiger partial charge in [0.2, 0.25) is 5.91 Å². The van der Waals surface area contributed by atoms with Crippen LogP contribution in [0.5, 0.6) is 11.5 Å². The fourth-order valence-corrected chi connectivity index (χ4v) is 3.14. The summed E-state index contributed by atoms with van der Waals surface area (Å²) in [4.78, 5) is 14.6. The van der Waals surface area contributed by atoms with Gasteiger partial charge in [-0.05, 0) is 32.9 Å². The summed E-state index contributed by atoms with van der Waals surface area (Å²) in [5, 5.41) is 4.39. The molecule has 0 bridgehead atoms. The van der Waals surface area contributed by atoms with Crippen molar-refractivity contribution in [2.45, 2.75) is 33.3 Å². The average Bonchev–Trinajstić information content (AvgIpc) is 2.85. The minimum absolute atomic E-state index is 0.0872. The number of amides is 1. The Kier molecular flexibility index (Phi) is 4.97. The van der Waals surface area contributed by atoms with Crippen molar-refractivity contribution < 1.29 is 14.3 Å². The number of para-hydroxylation sites is 2. The van der Waals surface area contributed by atoms with E-state index in [1.807, 2.05) is 61.7 Å². The lowest BCUT2D eigenvalue weighted by atomic mass is 10.1. The average molecular weight is 343 g/mol. The second-order valence-electron chi connectivity index (χ2n) is 6.38. The maximum atomic E-state index is 12.8. The zero-order valence-electron chi connectivity index (χ0n) is 15.3. The monoisotopic (exact) mass is 343 g/mol. The number of aromatic nitrogens is 2. The molecule has 0 fully saturated rings. The van der Waals surface area contributed by atoms with Gasteiger partial charge in [0, 0.05) is 24.8 Å². The zero-order chi connectivity index (χ0) is 18.0. The first-order chi connectivity index (χ1) is 12.0. The Balaban J connectivity index is 1.65. The third kappa shape index (κ3) is 3.62.